The van der Waals surface area contributed by atoms with Gasteiger partial charge in [0.1, 0.15) is 6.04 Å². The number of ketones is 1. The molecule has 3 rings (SSSR count). The van der Waals surface area contributed by atoms with Crippen LogP contribution in [0, 0.1) is 18.8 Å². The molecule has 5 nitrogen and oxygen atoms in total. The minimum absolute atomic E-state index is 0.0744. The van der Waals surface area contributed by atoms with Gasteiger partial charge in [-0.15, -0.1) is 0 Å². The van der Waals surface area contributed by atoms with E-state index in [0.29, 0.717) is 18.0 Å². The molecule has 1 aromatic carbocycles. The third-order valence-electron chi connectivity index (χ3n) is 5.40. The van der Waals surface area contributed by atoms with Crippen LogP contribution in [-0.2, 0) is 9.59 Å². The molecule has 1 saturated heterocycles. The summed E-state index contributed by atoms with van der Waals surface area (Å²) in [6.07, 6.45) is 3.14. The van der Waals surface area contributed by atoms with Gasteiger partial charge in [0.25, 0.3) is 0 Å². The van der Waals surface area contributed by atoms with Crippen LogP contribution in [0.15, 0.2) is 24.3 Å². The maximum Gasteiger partial charge on any atom is 0.326 e. The minimum atomic E-state index is -0.914. The number of fused-ring (bicyclic) bond motifs is 1. The molecule has 128 valence electrons. The Morgan fingerprint density at radius 1 is 1.12 bits per heavy atom. The van der Waals surface area contributed by atoms with Crippen molar-refractivity contribution in [3.8, 4) is 0 Å². The lowest BCUT2D eigenvalue weighted by molar-refractivity contribution is -0.149. The van der Waals surface area contributed by atoms with Crippen LogP contribution in [0.25, 0.3) is 0 Å². The number of hydrogen-bond donors (Lipinski definition) is 1. The minimum Gasteiger partial charge on any atom is -0.480 e. The molecule has 1 amide bonds. The number of rotatable bonds is 5. The van der Waals surface area contributed by atoms with Crippen molar-refractivity contribution in [1.29, 1.82) is 0 Å². The van der Waals surface area contributed by atoms with Crippen LogP contribution in [-0.4, -0.2) is 40.3 Å². The summed E-state index contributed by atoms with van der Waals surface area (Å²) in [6, 6.07) is 6.57. The first-order valence-corrected chi connectivity index (χ1v) is 8.59. The van der Waals surface area contributed by atoms with Crippen molar-refractivity contribution in [1.82, 2.24) is 4.90 Å². The number of carbonyl (C=O) groups excluding carboxylic acids is 2. The lowest BCUT2D eigenvalue weighted by atomic mass is 9.94. The van der Waals surface area contributed by atoms with Crippen LogP contribution in [0.1, 0.15) is 48.0 Å². The number of carboxylic acid groups (broad SMARTS) is 1. The average molecular weight is 329 g/mol. The van der Waals surface area contributed by atoms with Crippen molar-refractivity contribution < 1.29 is 19.5 Å². The molecule has 0 spiro atoms. The first-order valence-electron chi connectivity index (χ1n) is 8.59. The molecule has 3 atom stereocenters. The van der Waals surface area contributed by atoms with E-state index in [9.17, 15) is 19.5 Å². The van der Waals surface area contributed by atoms with Gasteiger partial charge in [0.2, 0.25) is 5.91 Å². The molecule has 5 heteroatoms. The molecule has 24 heavy (non-hydrogen) atoms. The van der Waals surface area contributed by atoms with Gasteiger partial charge in [-0.05, 0) is 31.6 Å². The van der Waals surface area contributed by atoms with Gasteiger partial charge in [-0.2, -0.15) is 0 Å². The average Bonchev–Trinajstić information content (AvgIpc) is 3.13. The van der Waals surface area contributed by atoms with Crippen LogP contribution in [0.2, 0.25) is 0 Å². The van der Waals surface area contributed by atoms with Gasteiger partial charge in [-0.3, -0.25) is 9.59 Å². The number of nitrogens with zero attached hydrogens (tertiary/aromatic N) is 1. The second-order valence-electron chi connectivity index (χ2n) is 6.97. The Morgan fingerprint density at radius 2 is 1.83 bits per heavy atom. The number of benzene rings is 1. The van der Waals surface area contributed by atoms with Crippen molar-refractivity contribution in [2.45, 2.75) is 45.1 Å². The Bertz CT molecular complexity index is 652. The second-order valence-corrected chi connectivity index (χ2v) is 6.97. The normalized spacial score (nSPS) is 25.5. The lowest BCUT2D eigenvalue weighted by Crippen LogP contribution is -2.43. The molecule has 1 aliphatic heterocycles. The van der Waals surface area contributed by atoms with Crippen LogP contribution >= 0.6 is 0 Å². The summed E-state index contributed by atoms with van der Waals surface area (Å²) in [7, 11) is 0. The number of aryl methyl sites for hydroxylation is 1. The molecule has 1 saturated carbocycles. The molecule has 2 aliphatic rings. The predicted octanol–water partition coefficient (Wildman–Crippen LogP) is 2.67. The quantitative estimate of drug-likeness (QED) is 0.843. The summed E-state index contributed by atoms with van der Waals surface area (Å²) in [5.74, 6) is -0.809. The van der Waals surface area contributed by atoms with Crippen molar-refractivity contribution >= 4 is 17.7 Å². The highest BCUT2D eigenvalue weighted by Crippen LogP contribution is 2.42. The highest BCUT2D eigenvalue weighted by atomic mass is 16.4. The smallest absolute Gasteiger partial charge is 0.326 e. The summed E-state index contributed by atoms with van der Waals surface area (Å²) < 4.78 is 0. The fraction of sp³-hybridized carbons (Fsp3) is 0.526. The number of carboxylic acids is 1. The number of Topliss-reactive ketones (excluding diaryl/α,β-unsaturated/α-hetero) is 1. The van der Waals surface area contributed by atoms with Crippen LogP contribution in [0.5, 0.6) is 0 Å². The van der Waals surface area contributed by atoms with Gasteiger partial charge >= 0.3 is 5.97 Å². The summed E-state index contributed by atoms with van der Waals surface area (Å²) in [5, 5.41) is 9.50. The SMILES string of the molecule is Cc1ccc(C(=O)CCC(=O)N2CC3CCCC3C2C(=O)O)cc1. The molecule has 0 bridgehead atoms. The zero-order valence-electron chi connectivity index (χ0n) is 13.9. The Hall–Kier alpha value is -2.17. The molecule has 2 fully saturated rings. The van der Waals surface area contributed by atoms with E-state index in [-0.39, 0.29) is 30.4 Å². The number of likely N-dealkylation sites (tertiary alicyclic amines) is 1. The number of aliphatic carboxylic acids is 1. The second kappa shape index (κ2) is 6.75. The number of amides is 1. The third-order valence-corrected chi connectivity index (χ3v) is 5.40. The van der Waals surface area contributed by atoms with E-state index in [0.717, 1.165) is 24.8 Å². The van der Waals surface area contributed by atoms with E-state index in [1.54, 1.807) is 12.1 Å². The van der Waals surface area contributed by atoms with Gasteiger partial charge in [0.05, 0.1) is 0 Å². The summed E-state index contributed by atoms with van der Waals surface area (Å²) in [4.78, 5) is 37.8. The van der Waals surface area contributed by atoms with Gasteiger partial charge < -0.3 is 10.0 Å². The van der Waals surface area contributed by atoms with Crippen molar-refractivity contribution in [3.05, 3.63) is 35.4 Å². The van der Waals surface area contributed by atoms with E-state index in [2.05, 4.69) is 0 Å². The van der Waals surface area contributed by atoms with Gasteiger partial charge in [0.15, 0.2) is 5.78 Å². The van der Waals surface area contributed by atoms with Crippen LogP contribution < -0.4 is 0 Å². The molecule has 0 radical (unpaired) electrons. The highest BCUT2D eigenvalue weighted by molar-refractivity contribution is 5.98. The molecular weight excluding hydrogens is 306 g/mol. The Kier molecular flexibility index (Phi) is 4.69. The monoisotopic (exact) mass is 329 g/mol. The van der Waals surface area contributed by atoms with Crippen LogP contribution in [0.3, 0.4) is 0 Å². The molecule has 1 heterocycles. The van der Waals surface area contributed by atoms with Crippen molar-refractivity contribution in [2.75, 3.05) is 6.54 Å². The highest BCUT2D eigenvalue weighted by Gasteiger charge is 2.49. The topological polar surface area (TPSA) is 74.7 Å². The fourth-order valence-electron chi connectivity index (χ4n) is 4.13. The summed E-state index contributed by atoms with van der Waals surface area (Å²) in [5.41, 5.74) is 1.68. The summed E-state index contributed by atoms with van der Waals surface area (Å²) in [6.45, 7) is 2.48. The molecule has 1 N–H and O–H groups in total. The number of carbonyl (C=O) groups is 3. The first-order chi connectivity index (χ1) is 11.5. The van der Waals surface area contributed by atoms with E-state index in [1.165, 1.54) is 4.90 Å². The van der Waals surface area contributed by atoms with E-state index in [1.807, 2.05) is 19.1 Å². The largest absolute Gasteiger partial charge is 0.480 e. The Balaban J connectivity index is 1.61. The molecular formula is C19H23NO4. The Morgan fingerprint density at radius 3 is 2.50 bits per heavy atom. The first kappa shape index (κ1) is 16.7. The van der Waals surface area contributed by atoms with E-state index < -0.39 is 12.0 Å². The van der Waals surface area contributed by atoms with Crippen LogP contribution in [0.4, 0.5) is 0 Å². The van der Waals surface area contributed by atoms with Gasteiger partial charge in [-0.1, -0.05) is 36.2 Å². The third kappa shape index (κ3) is 3.21. The summed E-state index contributed by atoms with van der Waals surface area (Å²) >= 11 is 0. The molecule has 3 unspecified atom stereocenters. The zero-order chi connectivity index (χ0) is 17.3. The van der Waals surface area contributed by atoms with Crippen molar-refractivity contribution in [2.24, 2.45) is 11.8 Å². The molecule has 0 aromatic heterocycles. The Labute approximate surface area is 141 Å². The van der Waals surface area contributed by atoms with Crippen molar-refractivity contribution in [3.63, 3.8) is 0 Å². The predicted molar refractivity (Wildman–Crippen MR) is 88.7 cm³/mol. The maximum atomic E-state index is 12.5. The van der Waals surface area contributed by atoms with Gasteiger partial charge in [0, 0.05) is 24.9 Å². The van der Waals surface area contributed by atoms with E-state index in [4.69, 9.17) is 0 Å². The lowest BCUT2D eigenvalue weighted by Gasteiger charge is -2.24. The van der Waals surface area contributed by atoms with E-state index >= 15 is 0 Å². The standard InChI is InChI=1S/C19H23NO4/c1-12-5-7-13(8-6-12)16(21)9-10-17(22)20-11-14-3-2-4-15(14)18(20)19(23)24/h5-8,14-15,18H,2-4,9-11H2,1H3,(H,23,24). The molecule has 1 aromatic rings. The maximum absolute atomic E-state index is 12.5. The molecule has 1 aliphatic carbocycles. The van der Waals surface area contributed by atoms with Gasteiger partial charge in [-0.25, -0.2) is 4.79 Å². The fourth-order valence-corrected chi connectivity index (χ4v) is 4.13. The number of hydrogen-bond acceptors (Lipinski definition) is 3. The zero-order valence-corrected chi connectivity index (χ0v) is 13.9.